The van der Waals surface area contributed by atoms with Gasteiger partial charge in [-0.15, -0.1) is 23.1 Å². The summed E-state index contributed by atoms with van der Waals surface area (Å²) >= 11 is 3.15. The molecular formula is C25H24N4O2S2. The van der Waals surface area contributed by atoms with Crippen LogP contribution in [0, 0.1) is 20.8 Å². The number of nitrogens with one attached hydrogen (secondary N) is 2. The van der Waals surface area contributed by atoms with E-state index >= 15 is 0 Å². The van der Waals surface area contributed by atoms with Crippen LogP contribution in [0.15, 0.2) is 70.9 Å². The number of rotatable bonds is 6. The van der Waals surface area contributed by atoms with Crippen LogP contribution in [0.5, 0.6) is 0 Å². The highest BCUT2D eigenvalue weighted by molar-refractivity contribution is 7.98. The summed E-state index contributed by atoms with van der Waals surface area (Å²) in [4.78, 5) is 31.0. The van der Waals surface area contributed by atoms with Gasteiger partial charge < -0.3 is 4.57 Å². The van der Waals surface area contributed by atoms with E-state index in [9.17, 15) is 9.59 Å². The van der Waals surface area contributed by atoms with Crippen LogP contribution in [0.4, 0.5) is 0 Å². The molecular weight excluding hydrogens is 452 g/mol. The molecule has 0 aliphatic heterocycles. The third-order valence-electron chi connectivity index (χ3n) is 5.15. The molecule has 2 N–H and O–H groups in total. The van der Waals surface area contributed by atoms with E-state index in [-0.39, 0.29) is 11.8 Å². The Hall–Kier alpha value is -3.36. The van der Waals surface area contributed by atoms with Gasteiger partial charge in [-0.1, -0.05) is 30.3 Å². The first-order chi connectivity index (χ1) is 15.9. The molecule has 6 nitrogen and oxygen atoms in total. The van der Waals surface area contributed by atoms with Gasteiger partial charge in [0.1, 0.15) is 0 Å². The smallest absolute Gasteiger partial charge is 0.271 e. The van der Waals surface area contributed by atoms with Crippen molar-refractivity contribution in [3.63, 3.8) is 0 Å². The summed E-state index contributed by atoms with van der Waals surface area (Å²) in [6.07, 6.45) is 0. The number of thioether (sulfide) groups is 1. The molecule has 0 saturated carbocycles. The van der Waals surface area contributed by atoms with Gasteiger partial charge in [-0.3, -0.25) is 20.4 Å². The standard InChI is InChI=1S/C25H24N4O2S2/c1-16-13-22(17(2)29(16)20-9-5-4-6-10-20)25(31)28-27-24(30)21-11-7-8-12-23(21)33-15-19-14-32-18(3)26-19/h4-14H,15H2,1-3H3,(H,27,30)(H,28,31). The molecule has 0 bridgehead atoms. The molecule has 8 heteroatoms. The number of para-hydroxylation sites is 1. The average molecular weight is 477 g/mol. The number of aromatic nitrogens is 2. The first kappa shape index (κ1) is 22.8. The Morgan fingerprint density at radius 3 is 2.30 bits per heavy atom. The highest BCUT2D eigenvalue weighted by Gasteiger charge is 2.18. The van der Waals surface area contributed by atoms with Crippen LogP contribution < -0.4 is 10.9 Å². The van der Waals surface area contributed by atoms with Crippen molar-refractivity contribution in [2.24, 2.45) is 0 Å². The molecule has 0 atom stereocenters. The van der Waals surface area contributed by atoms with Crippen LogP contribution in [-0.2, 0) is 5.75 Å². The molecule has 2 heterocycles. The Labute approximate surface area is 201 Å². The van der Waals surface area contributed by atoms with Crippen molar-refractivity contribution < 1.29 is 9.59 Å². The zero-order valence-corrected chi connectivity index (χ0v) is 20.2. The summed E-state index contributed by atoms with van der Waals surface area (Å²) in [5.41, 5.74) is 9.85. The number of amides is 2. The Morgan fingerprint density at radius 1 is 0.939 bits per heavy atom. The maximum atomic E-state index is 12.8. The topological polar surface area (TPSA) is 76.0 Å². The number of hydrogen-bond donors (Lipinski definition) is 2. The van der Waals surface area contributed by atoms with Crippen molar-refractivity contribution in [1.29, 1.82) is 0 Å². The van der Waals surface area contributed by atoms with Crippen LogP contribution in [0.25, 0.3) is 5.69 Å². The molecule has 0 spiro atoms. The lowest BCUT2D eigenvalue weighted by atomic mass is 10.2. The second kappa shape index (κ2) is 10.1. The SMILES string of the molecule is Cc1nc(CSc2ccccc2C(=O)NNC(=O)c2cc(C)n(-c3ccccc3)c2C)cs1. The predicted molar refractivity (Wildman–Crippen MR) is 133 cm³/mol. The summed E-state index contributed by atoms with van der Waals surface area (Å²) in [6, 6.07) is 19.0. The third kappa shape index (κ3) is 5.18. The molecule has 168 valence electrons. The van der Waals surface area contributed by atoms with E-state index in [1.54, 1.807) is 35.2 Å². The fourth-order valence-electron chi connectivity index (χ4n) is 3.62. The highest BCUT2D eigenvalue weighted by Crippen LogP contribution is 2.27. The van der Waals surface area contributed by atoms with Gasteiger partial charge >= 0.3 is 0 Å². The summed E-state index contributed by atoms with van der Waals surface area (Å²) in [6.45, 7) is 5.82. The van der Waals surface area contributed by atoms with E-state index < -0.39 is 0 Å². The van der Waals surface area contributed by atoms with Gasteiger partial charge in [-0.05, 0) is 51.1 Å². The molecule has 2 aromatic heterocycles. The quantitative estimate of drug-likeness (QED) is 0.295. The van der Waals surface area contributed by atoms with Crippen molar-refractivity contribution in [3.8, 4) is 5.69 Å². The van der Waals surface area contributed by atoms with Crippen LogP contribution in [0.1, 0.15) is 42.8 Å². The van der Waals surface area contributed by atoms with Crippen molar-refractivity contribution in [1.82, 2.24) is 20.4 Å². The van der Waals surface area contributed by atoms with Crippen LogP contribution >= 0.6 is 23.1 Å². The van der Waals surface area contributed by atoms with Gasteiger partial charge in [0, 0.05) is 33.1 Å². The maximum Gasteiger partial charge on any atom is 0.271 e. The third-order valence-corrected chi connectivity index (χ3v) is 7.08. The Kier molecular flexibility index (Phi) is 6.96. The second-order valence-corrected chi connectivity index (χ2v) is 9.59. The average Bonchev–Trinajstić information content (AvgIpc) is 3.38. The summed E-state index contributed by atoms with van der Waals surface area (Å²) in [5, 5.41) is 3.04. The number of hydrazine groups is 1. The molecule has 0 fully saturated rings. The first-order valence-electron chi connectivity index (χ1n) is 10.4. The molecule has 0 aliphatic carbocycles. The van der Waals surface area contributed by atoms with Crippen molar-refractivity contribution in [3.05, 3.63) is 99.3 Å². The minimum absolute atomic E-state index is 0.360. The van der Waals surface area contributed by atoms with E-state index in [4.69, 9.17) is 0 Å². The lowest BCUT2D eigenvalue weighted by Gasteiger charge is -2.11. The Bertz CT molecular complexity index is 1290. The van der Waals surface area contributed by atoms with Crippen LogP contribution in [0.2, 0.25) is 0 Å². The van der Waals surface area contributed by atoms with Gasteiger partial charge in [0.2, 0.25) is 0 Å². The number of aryl methyl sites for hydroxylation is 2. The van der Waals surface area contributed by atoms with Crippen LogP contribution in [0.3, 0.4) is 0 Å². The van der Waals surface area contributed by atoms with Crippen molar-refractivity contribution >= 4 is 34.9 Å². The second-order valence-electron chi connectivity index (χ2n) is 7.51. The molecule has 4 aromatic rings. The van der Waals surface area contributed by atoms with Gasteiger partial charge in [-0.25, -0.2) is 4.98 Å². The molecule has 2 aromatic carbocycles. The van der Waals surface area contributed by atoms with E-state index in [0.717, 1.165) is 32.7 Å². The van der Waals surface area contributed by atoms with E-state index in [1.165, 1.54) is 0 Å². The molecule has 0 radical (unpaired) electrons. The summed E-state index contributed by atoms with van der Waals surface area (Å²) < 4.78 is 2.02. The molecule has 2 amide bonds. The molecule has 4 rings (SSSR count). The number of hydrogen-bond acceptors (Lipinski definition) is 5. The molecule has 0 unspecified atom stereocenters. The fraction of sp³-hybridized carbons (Fsp3) is 0.160. The maximum absolute atomic E-state index is 12.8. The number of nitrogens with zero attached hydrogens (tertiary/aromatic N) is 2. The minimum atomic E-state index is -0.363. The van der Waals surface area contributed by atoms with Gasteiger partial charge in [0.25, 0.3) is 11.8 Å². The zero-order valence-electron chi connectivity index (χ0n) is 18.6. The largest absolute Gasteiger partial charge is 0.318 e. The summed E-state index contributed by atoms with van der Waals surface area (Å²) in [7, 11) is 0. The van der Waals surface area contributed by atoms with Crippen molar-refractivity contribution in [2.75, 3.05) is 0 Å². The molecule has 0 aliphatic rings. The molecule has 0 saturated heterocycles. The van der Waals surface area contributed by atoms with Gasteiger partial charge in [0.05, 0.1) is 21.8 Å². The number of thiazole rings is 1. The number of carbonyl (C=O) groups is 2. The van der Waals surface area contributed by atoms with Crippen molar-refractivity contribution in [2.45, 2.75) is 31.4 Å². The molecule has 33 heavy (non-hydrogen) atoms. The monoisotopic (exact) mass is 476 g/mol. The van der Waals surface area contributed by atoms with Crippen LogP contribution in [-0.4, -0.2) is 21.4 Å². The van der Waals surface area contributed by atoms with E-state index in [0.29, 0.717) is 16.9 Å². The van der Waals surface area contributed by atoms with E-state index in [2.05, 4.69) is 15.8 Å². The minimum Gasteiger partial charge on any atom is -0.318 e. The number of carbonyl (C=O) groups excluding carboxylic acids is 2. The normalized spacial score (nSPS) is 10.8. The Morgan fingerprint density at radius 2 is 1.61 bits per heavy atom. The lowest BCUT2D eigenvalue weighted by Crippen LogP contribution is -2.42. The van der Waals surface area contributed by atoms with E-state index in [1.807, 2.05) is 79.2 Å². The number of benzene rings is 2. The zero-order chi connectivity index (χ0) is 23.4. The fourth-order valence-corrected chi connectivity index (χ4v) is 5.28. The predicted octanol–water partition coefficient (Wildman–Crippen LogP) is 5.23. The Balaban J connectivity index is 1.44. The van der Waals surface area contributed by atoms with Gasteiger partial charge in [-0.2, -0.15) is 0 Å². The van der Waals surface area contributed by atoms with Gasteiger partial charge in [0.15, 0.2) is 0 Å². The summed E-state index contributed by atoms with van der Waals surface area (Å²) in [5.74, 6) is -0.0496. The lowest BCUT2D eigenvalue weighted by molar-refractivity contribution is 0.0844. The highest BCUT2D eigenvalue weighted by atomic mass is 32.2. The first-order valence-corrected chi connectivity index (χ1v) is 12.3.